The minimum atomic E-state index is -0.557. The Balaban J connectivity index is 0.00000441. The number of halogens is 1. The monoisotopic (exact) mass is 419 g/mol. The van der Waals surface area contributed by atoms with Crippen LogP contribution in [-0.2, 0) is 0 Å². The van der Waals surface area contributed by atoms with Crippen LogP contribution >= 0.6 is 24.0 Å². The zero-order valence-corrected chi connectivity index (χ0v) is 16.5. The largest absolute Gasteiger partial charge is 0.386 e. The highest BCUT2D eigenvalue weighted by atomic mass is 127. The highest BCUT2D eigenvalue weighted by Crippen LogP contribution is 2.14. The number of nitrogens with zero attached hydrogens (tertiary/aromatic N) is 2. The number of guanidine groups is 1. The standard InChI is InChI=1S/C17H29N3O.HI/c1-5-7-12-20(4)17(18-6-2)19-13-16(21)15-10-8-14(3)9-11-15;/h8-11,16,21H,5-7,12-13H2,1-4H3,(H,18,19);1H. The third-order valence-electron chi connectivity index (χ3n) is 3.42. The molecule has 0 bridgehead atoms. The maximum absolute atomic E-state index is 10.2. The molecule has 5 heteroatoms. The maximum Gasteiger partial charge on any atom is 0.193 e. The summed E-state index contributed by atoms with van der Waals surface area (Å²) < 4.78 is 0. The number of aliphatic hydroxyl groups is 1. The third-order valence-corrected chi connectivity index (χ3v) is 3.42. The fraction of sp³-hybridized carbons (Fsp3) is 0.588. The number of aliphatic hydroxyl groups excluding tert-OH is 1. The first-order valence-corrected chi connectivity index (χ1v) is 7.82. The molecule has 0 saturated heterocycles. The van der Waals surface area contributed by atoms with Crippen molar-refractivity contribution in [2.45, 2.75) is 39.7 Å². The van der Waals surface area contributed by atoms with E-state index in [9.17, 15) is 5.11 Å². The molecule has 0 radical (unpaired) electrons. The number of hydrogen-bond acceptors (Lipinski definition) is 2. The van der Waals surface area contributed by atoms with Crippen molar-refractivity contribution in [3.05, 3.63) is 35.4 Å². The molecule has 0 aliphatic rings. The average molecular weight is 419 g/mol. The Hall–Kier alpha value is -0.820. The van der Waals surface area contributed by atoms with Crippen molar-refractivity contribution in [1.29, 1.82) is 0 Å². The van der Waals surface area contributed by atoms with Gasteiger partial charge >= 0.3 is 0 Å². The van der Waals surface area contributed by atoms with Crippen LogP contribution in [-0.4, -0.2) is 42.6 Å². The predicted molar refractivity (Wildman–Crippen MR) is 105 cm³/mol. The minimum absolute atomic E-state index is 0. The lowest BCUT2D eigenvalue weighted by molar-refractivity contribution is 0.186. The molecule has 1 rings (SSSR count). The lowest BCUT2D eigenvalue weighted by atomic mass is 10.1. The third kappa shape index (κ3) is 7.45. The van der Waals surface area contributed by atoms with Crippen molar-refractivity contribution in [1.82, 2.24) is 10.2 Å². The van der Waals surface area contributed by atoms with Gasteiger partial charge in [0.1, 0.15) is 0 Å². The van der Waals surface area contributed by atoms with E-state index in [2.05, 4.69) is 29.1 Å². The van der Waals surface area contributed by atoms with Crippen molar-refractivity contribution in [2.24, 2.45) is 4.99 Å². The van der Waals surface area contributed by atoms with E-state index in [0.29, 0.717) is 6.54 Å². The number of benzene rings is 1. The van der Waals surface area contributed by atoms with Gasteiger partial charge in [0.15, 0.2) is 5.96 Å². The molecule has 0 aromatic heterocycles. The van der Waals surface area contributed by atoms with Gasteiger partial charge in [-0.2, -0.15) is 0 Å². The van der Waals surface area contributed by atoms with Crippen molar-refractivity contribution in [3.8, 4) is 0 Å². The van der Waals surface area contributed by atoms with E-state index in [0.717, 1.165) is 37.5 Å². The summed E-state index contributed by atoms with van der Waals surface area (Å²) in [6.45, 7) is 8.46. The van der Waals surface area contributed by atoms with Gasteiger partial charge < -0.3 is 15.3 Å². The average Bonchev–Trinajstić information content (AvgIpc) is 2.49. The van der Waals surface area contributed by atoms with E-state index in [4.69, 9.17) is 0 Å². The lowest BCUT2D eigenvalue weighted by Crippen LogP contribution is -2.39. The first-order valence-electron chi connectivity index (χ1n) is 7.82. The van der Waals surface area contributed by atoms with Gasteiger partial charge in [-0.1, -0.05) is 43.2 Å². The highest BCUT2D eigenvalue weighted by molar-refractivity contribution is 14.0. The van der Waals surface area contributed by atoms with Gasteiger partial charge in [-0.25, -0.2) is 0 Å². The molecule has 1 unspecified atom stereocenters. The van der Waals surface area contributed by atoms with Gasteiger partial charge in [0.2, 0.25) is 0 Å². The molecule has 0 spiro atoms. The molecule has 0 saturated carbocycles. The fourth-order valence-electron chi connectivity index (χ4n) is 2.04. The van der Waals surface area contributed by atoms with Gasteiger partial charge in [0.25, 0.3) is 0 Å². The number of aryl methyl sites for hydroxylation is 1. The number of nitrogens with one attached hydrogen (secondary N) is 1. The molecule has 0 aliphatic carbocycles. The Morgan fingerprint density at radius 2 is 1.91 bits per heavy atom. The Morgan fingerprint density at radius 3 is 2.45 bits per heavy atom. The normalized spacial score (nSPS) is 12.5. The van der Waals surface area contributed by atoms with Crippen molar-refractivity contribution >= 4 is 29.9 Å². The molecule has 0 aliphatic heterocycles. The molecule has 1 aromatic carbocycles. The van der Waals surface area contributed by atoms with E-state index >= 15 is 0 Å². The second-order valence-electron chi connectivity index (χ2n) is 5.40. The molecule has 2 N–H and O–H groups in total. The quantitative estimate of drug-likeness (QED) is 0.405. The minimum Gasteiger partial charge on any atom is -0.386 e. The topological polar surface area (TPSA) is 47.9 Å². The molecule has 22 heavy (non-hydrogen) atoms. The van der Waals surface area contributed by atoms with Crippen LogP contribution in [0.1, 0.15) is 43.9 Å². The second kappa shape index (κ2) is 11.7. The zero-order chi connectivity index (χ0) is 15.7. The van der Waals surface area contributed by atoms with Crippen molar-refractivity contribution < 1.29 is 5.11 Å². The van der Waals surface area contributed by atoms with E-state index in [1.54, 1.807) is 0 Å². The highest BCUT2D eigenvalue weighted by Gasteiger charge is 2.09. The summed E-state index contributed by atoms with van der Waals surface area (Å²) in [5.74, 6) is 0.858. The Bertz CT molecular complexity index is 434. The van der Waals surface area contributed by atoms with E-state index < -0.39 is 6.10 Å². The summed E-state index contributed by atoms with van der Waals surface area (Å²) in [5, 5.41) is 13.5. The number of rotatable bonds is 7. The SMILES string of the molecule is CCCCN(C)C(=NCC(O)c1ccc(C)cc1)NCC.I. The van der Waals surface area contributed by atoms with Crippen LogP contribution in [0.4, 0.5) is 0 Å². The summed E-state index contributed by atoms with van der Waals surface area (Å²) in [5.41, 5.74) is 2.11. The fourth-order valence-corrected chi connectivity index (χ4v) is 2.04. The number of aliphatic imine (C=N–C) groups is 1. The molecule has 0 heterocycles. The molecule has 0 amide bonds. The Kier molecular flexibility index (Phi) is 11.3. The van der Waals surface area contributed by atoms with E-state index in [1.165, 1.54) is 5.56 Å². The smallest absolute Gasteiger partial charge is 0.193 e. The van der Waals surface area contributed by atoms with Gasteiger partial charge in [-0.3, -0.25) is 4.99 Å². The summed E-state index contributed by atoms with van der Waals surface area (Å²) in [6, 6.07) is 7.95. The van der Waals surface area contributed by atoms with Gasteiger partial charge in [-0.05, 0) is 25.8 Å². The van der Waals surface area contributed by atoms with E-state index in [-0.39, 0.29) is 24.0 Å². The van der Waals surface area contributed by atoms with Crippen LogP contribution in [0.2, 0.25) is 0 Å². The van der Waals surface area contributed by atoms with E-state index in [1.807, 2.05) is 38.2 Å². The maximum atomic E-state index is 10.2. The second-order valence-corrected chi connectivity index (χ2v) is 5.40. The first kappa shape index (κ1) is 21.2. The lowest BCUT2D eigenvalue weighted by Gasteiger charge is -2.22. The molecule has 1 atom stereocenters. The van der Waals surface area contributed by atoms with Crippen LogP contribution < -0.4 is 5.32 Å². The summed E-state index contributed by atoms with van der Waals surface area (Å²) in [4.78, 5) is 6.67. The molecule has 4 nitrogen and oxygen atoms in total. The van der Waals surface area contributed by atoms with Crippen LogP contribution in [0, 0.1) is 6.92 Å². The number of unbranched alkanes of at least 4 members (excludes halogenated alkanes) is 1. The predicted octanol–water partition coefficient (Wildman–Crippen LogP) is 3.34. The molecular formula is C17H30IN3O. The molecule has 126 valence electrons. The van der Waals surface area contributed by atoms with Gasteiger partial charge in [0.05, 0.1) is 12.6 Å². The summed E-state index contributed by atoms with van der Waals surface area (Å²) in [7, 11) is 2.04. The van der Waals surface area contributed by atoms with Crippen molar-refractivity contribution in [2.75, 3.05) is 26.7 Å². The molecule has 0 fully saturated rings. The van der Waals surface area contributed by atoms with Crippen molar-refractivity contribution in [3.63, 3.8) is 0 Å². The molecular weight excluding hydrogens is 389 g/mol. The molecule has 1 aromatic rings. The van der Waals surface area contributed by atoms with Crippen LogP contribution in [0.15, 0.2) is 29.3 Å². The summed E-state index contributed by atoms with van der Waals surface area (Å²) in [6.07, 6.45) is 1.75. The van der Waals surface area contributed by atoms with Crippen LogP contribution in [0.25, 0.3) is 0 Å². The number of hydrogen-bond donors (Lipinski definition) is 2. The Labute approximate surface area is 152 Å². The van der Waals surface area contributed by atoms with Crippen LogP contribution in [0.5, 0.6) is 0 Å². The first-order chi connectivity index (χ1) is 10.1. The van der Waals surface area contributed by atoms with Gasteiger partial charge in [-0.15, -0.1) is 24.0 Å². The Morgan fingerprint density at radius 1 is 1.27 bits per heavy atom. The summed E-state index contributed by atoms with van der Waals surface area (Å²) >= 11 is 0. The zero-order valence-electron chi connectivity index (χ0n) is 14.2. The van der Waals surface area contributed by atoms with Crippen LogP contribution in [0.3, 0.4) is 0 Å². The van der Waals surface area contributed by atoms with Gasteiger partial charge in [0, 0.05) is 20.1 Å².